The van der Waals surface area contributed by atoms with E-state index in [2.05, 4.69) is 31.0 Å². The van der Waals surface area contributed by atoms with Crippen LogP contribution in [0.5, 0.6) is 0 Å². The van der Waals surface area contributed by atoms with Gasteiger partial charge in [0.1, 0.15) is 0 Å². The van der Waals surface area contributed by atoms with Crippen molar-refractivity contribution in [2.45, 2.75) is 20.3 Å². The number of hydrogen-bond acceptors (Lipinski definition) is 1. The van der Waals surface area contributed by atoms with Gasteiger partial charge in [-0.05, 0) is 25.0 Å². The molecular formula is C9H15N. The third-order valence-electron chi connectivity index (χ3n) is 1.10. The molecule has 56 valence electrons. The molecular weight excluding hydrogens is 122 g/mol. The molecule has 0 spiro atoms. The minimum Gasteiger partial charge on any atom is -0.297 e. The van der Waals surface area contributed by atoms with Crippen molar-refractivity contribution in [3.63, 3.8) is 0 Å². The molecule has 0 aliphatic rings. The van der Waals surface area contributed by atoms with Crippen LogP contribution in [0.1, 0.15) is 20.3 Å². The van der Waals surface area contributed by atoms with Crippen LogP contribution in [0.15, 0.2) is 28.8 Å². The summed E-state index contributed by atoms with van der Waals surface area (Å²) < 4.78 is 0. The van der Waals surface area contributed by atoms with Crippen LogP contribution in [0.4, 0.5) is 0 Å². The van der Waals surface area contributed by atoms with Gasteiger partial charge in [0.05, 0.1) is 0 Å². The first-order valence-electron chi connectivity index (χ1n) is 3.56. The van der Waals surface area contributed by atoms with Gasteiger partial charge in [-0.2, -0.15) is 0 Å². The van der Waals surface area contributed by atoms with E-state index in [1.807, 2.05) is 6.08 Å². The lowest BCUT2D eigenvalue weighted by atomic mass is 10.2. The van der Waals surface area contributed by atoms with Crippen LogP contribution < -0.4 is 0 Å². The van der Waals surface area contributed by atoms with Crippen LogP contribution in [0.3, 0.4) is 0 Å². The highest BCUT2D eigenvalue weighted by atomic mass is 14.6. The van der Waals surface area contributed by atoms with E-state index in [1.165, 1.54) is 5.57 Å². The molecule has 0 amide bonds. The largest absolute Gasteiger partial charge is 0.297 e. The summed E-state index contributed by atoms with van der Waals surface area (Å²) in [6.45, 7) is 4.19. The van der Waals surface area contributed by atoms with Gasteiger partial charge in [0.2, 0.25) is 0 Å². The SMILES string of the molecule is CC/C=C/C(C)=C/C=NC. The average Bonchev–Trinajstić information content (AvgIpc) is 1.97. The highest BCUT2D eigenvalue weighted by molar-refractivity contribution is 5.72. The van der Waals surface area contributed by atoms with Crippen molar-refractivity contribution in [2.75, 3.05) is 7.05 Å². The first-order chi connectivity index (χ1) is 4.81. The predicted octanol–water partition coefficient (Wildman–Crippen LogP) is 2.60. The molecule has 0 aliphatic heterocycles. The number of hydrogen-bond donors (Lipinski definition) is 0. The van der Waals surface area contributed by atoms with Gasteiger partial charge in [0.25, 0.3) is 0 Å². The maximum absolute atomic E-state index is 3.85. The lowest BCUT2D eigenvalue weighted by molar-refractivity contribution is 1.22. The summed E-state index contributed by atoms with van der Waals surface area (Å²) in [4.78, 5) is 3.85. The molecule has 0 atom stereocenters. The lowest BCUT2D eigenvalue weighted by Crippen LogP contribution is -1.69. The van der Waals surface area contributed by atoms with Gasteiger partial charge in [-0.1, -0.05) is 19.1 Å². The summed E-state index contributed by atoms with van der Waals surface area (Å²) in [7, 11) is 1.77. The first-order valence-corrected chi connectivity index (χ1v) is 3.56. The van der Waals surface area contributed by atoms with E-state index in [-0.39, 0.29) is 0 Å². The first kappa shape index (κ1) is 9.15. The maximum Gasteiger partial charge on any atom is 0.0277 e. The van der Waals surface area contributed by atoms with Crippen molar-refractivity contribution in [1.29, 1.82) is 0 Å². The number of nitrogens with zero attached hydrogens (tertiary/aromatic N) is 1. The van der Waals surface area contributed by atoms with Crippen LogP contribution in [-0.2, 0) is 0 Å². The molecule has 0 aromatic heterocycles. The van der Waals surface area contributed by atoms with Gasteiger partial charge in [0.15, 0.2) is 0 Å². The summed E-state index contributed by atoms with van der Waals surface area (Å²) in [5, 5.41) is 0. The second kappa shape index (κ2) is 6.27. The zero-order valence-electron chi connectivity index (χ0n) is 6.96. The van der Waals surface area contributed by atoms with E-state index in [9.17, 15) is 0 Å². The minimum atomic E-state index is 1.09. The summed E-state index contributed by atoms with van der Waals surface area (Å²) in [5.41, 5.74) is 1.24. The zero-order valence-corrected chi connectivity index (χ0v) is 6.96. The fraction of sp³-hybridized carbons (Fsp3) is 0.444. The molecule has 0 fully saturated rings. The van der Waals surface area contributed by atoms with Gasteiger partial charge in [-0.3, -0.25) is 4.99 Å². The van der Waals surface area contributed by atoms with Gasteiger partial charge in [-0.25, -0.2) is 0 Å². The quantitative estimate of drug-likeness (QED) is 0.419. The summed E-state index contributed by atoms with van der Waals surface area (Å²) >= 11 is 0. The van der Waals surface area contributed by atoms with Crippen molar-refractivity contribution in [2.24, 2.45) is 4.99 Å². The monoisotopic (exact) mass is 137 g/mol. The molecule has 0 N–H and O–H groups in total. The average molecular weight is 137 g/mol. The van der Waals surface area contributed by atoms with E-state index < -0.39 is 0 Å². The Hall–Kier alpha value is -0.850. The molecule has 1 heteroatoms. The summed E-state index contributed by atoms with van der Waals surface area (Å²) in [5.74, 6) is 0. The molecule has 0 aliphatic carbocycles. The second-order valence-electron chi connectivity index (χ2n) is 2.13. The van der Waals surface area contributed by atoms with Gasteiger partial charge in [-0.15, -0.1) is 0 Å². The van der Waals surface area contributed by atoms with Crippen molar-refractivity contribution >= 4 is 6.21 Å². The lowest BCUT2D eigenvalue weighted by Gasteiger charge is -1.85. The molecule has 0 aromatic carbocycles. The molecule has 0 rings (SSSR count). The molecule has 0 radical (unpaired) electrons. The molecule has 1 nitrogen and oxygen atoms in total. The fourth-order valence-corrected chi connectivity index (χ4v) is 0.551. The van der Waals surface area contributed by atoms with E-state index in [4.69, 9.17) is 0 Å². The molecule has 0 saturated carbocycles. The highest BCUT2D eigenvalue weighted by Crippen LogP contribution is 1.93. The normalized spacial score (nSPS) is 13.7. The molecule has 10 heavy (non-hydrogen) atoms. The molecule has 0 aromatic rings. The summed E-state index contributed by atoms with van der Waals surface area (Å²) in [6, 6.07) is 0. The minimum absolute atomic E-state index is 1.09. The summed E-state index contributed by atoms with van der Waals surface area (Å²) in [6.07, 6.45) is 9.12. The molecule has 0 heterocycles. The Balaban J connectivity index is 3.81. The zero-order chi connectivity index (χ0) is 7.82. The van der Waals surface area contributed by atoms with Gasteiger partial charge in [0, 0.05) is 13.3 Å². The van der Waals surface area contributed by atoms with Gasteiger partial charge >= 0.3 is 0 Å². The maximum atomic E-state index is 3.85. The Morgan fingerprint density at radius 2 is 2.20 bits per heavy atom. The van der Waals surface area contributed by atoms with E-state index in [1.54, 1.807) is 13.3 Å². The highest BCUT2D eigenvalue weighted by Gasteiger charge is 1.75. The van der Waals surface area contributed by atoms with Crippen molar-refractivity contribution in [1.82, 2.24) is 0 Å². The Bertz CT molecular complexity index is 152. The van der Waals surface area contributed by atoms with E-state index >= 15 is 0 Å². The number of allylic oxidation sites excluding steroid dienone is 4. The van der Waals surface area contributed by atoms with Crippen LogP contribution >= 0.6 is 0 Å². The van der Waals surface area contributed by atoms with Crippen molar-refractivity contribution < 1.29 is 0 Å². The molecule has 0 saturated heterocycles. The third-order valence-corrected chi connectivity index (χ3v) is 1.10. The van der Waals surface area contributed by atoms with Crippen LogP contribution in [0.25, 0.3) is 0 Å². The Morgan fingerprint density at radius 3 is 2.70 bits per heavy atom. The Morgan fingerprint density at radius 1 is 1.50 bits per heavy atom. The smallest absolute Gasteiger partial charge is 0.0277 e. The van der Waals surface area contributed by atoms with E-state index in [0.717, 1.165) is 6.42 Å². The number of rotatable bonds is 3. The Kier molecular flexibility index (Phi) is 5.74. The topological polar surface area (TPSA) is 12.4 Å². The second-order valence-corrected chi connectivity index (χ2v) is 2.13. The van der Waals surface area contributed by atoms with Crippen molar-refractivity contribution in [3.05, 3.63) is 23.8 Å². The van der Waals surface area contributed by atoms with Gasteiger partial charge < -0.3 is 0 Å². The fourth-order valence-electron chi connectivity index (χ4n) is 0.551. The van der Waals surface area contributed by atoms with Crippen LogP contribution in [0, 0.1) is 0 Å². The number of aliphatic imine (C=N–C) groups is 1. The molecule has 0 unspecified atom stereocenters. The standard InChI is InChI=1S/C9H15N/c1-4-5-6-9(2)7-8-10-3/h5-8H,4H2,1-3H3/b6-5+,9-7+,10-8?. The van der Waals surface area contributed by atoms with E-state index in [0.29, 0.717) is 0 Å². The third kappa shape index (κ3) is 5.29. The predicted molar refractivity (Wildman–Crippen MR) is 47.6 cm³/mol. The molecule has 0 bridgehead atoms. The Labute approximate surface area is 63.2 Å². The van der Waals surface area contributed by atoms with Crippen LogP contribution in [-0.4, -0.2) is 13.3 Å². The van der Waals surface area contributed by atoms with Crippen LogP contribution in [0.2, 0.25) is 0 Å². The van der Waals surface area contributed by atoms with Crippen molar-refractivity contribution in [3.8, 4) is 0 Å².